The number of rotatable bonds is 6. The number of aliphatic hydroxyl groups excluding tert-OH is 1. The van der Waals surface area contributed by atoms with E-state index < -0.39 is 5.54 Å². The van der Waals surface area contributed by atoms with E-state index in [9.17, 15) is 5.11 Å². The van der Waals surface area contributed by atoms with Crippen LogP contribution in [0.5, 0.6) is 0 Å². The minimum absolute atomic E-state index is 0.235. The molecule has 0 aliphatic heterocycles. The average Bonchev–Trinajstić information content (AvgIpc) is 2.35. The molecule has 0 bridgehead atoms. The van der Waals surface area contributed by atoms with Gasteiger partial charge in [0.15, 0.2) is 0 Å². The van der Waals surface area contributed by atoms with E-state index in [1.54, 1.807) is 12.1 Å². The quantitative estimate of drug-likeness (QED) is 0.464. The van der Waals surface area contributed by atoms with E-state index in [2.05, 4.69) is 10.0 Å². The highest BCUT2D eigenvalue weighted by molar-refractivity contribution is 6.31. The zero-order chi connectivity index (χ0) is 12.7. The Bertz CT molecular complexity index is 418. The van der Waals surface area contributed by atoms with Gasteiger partial charge in [-0.25, -0.2) is 0 Å². The molecule has 0 amide bonds. The number of hydrogen-bond donors (Lipinski definition) is 1. The first-order valence-corrected chi connectivity index (χ1v) is 6.00. The molecule has 92 valence electrons. The molecule has 0 unspecified atom stereocenters. The second-order valence-corrected chi connectivity index (χ2v) is 4.37. The minimum Gasteiger partial charge on any atom is -0.395 e. The molecule has 0 radical (unpaired) electrons. The monoisotopic (exact) mass is 253 g/mol. The maximum Gasteiger partial charge on any atom is 0.0982 e. The number of halogens is 1. The van der Waals surface area contributed by atoms with Gasteiger partial charge in [0, 0.05) is 9.93 Å². The lowest BCUT2D eigenvalue weighted by Crippen LogP contribution is -2.28. The van der Waals surface area contributed by atoms with E-state index in [0.29, 0.717) is 17.0 Å². The van der Waals surface area contributed by atoms with Gasteiger partial charge in [-0.15, -0.1) is 0 Å². The molecule has 0 aromatic heterocycles. The standard InChI is InChI=1S/C12H16ClN3O/c1-2-3-8-12(9-17,15-16-14)10-6-4-5-7-11(10)13/h4-7,17H,2-3,8-9H2,1H3/t12-/m0/s1. The first kappa shape index (κ1) is 13.8. The average molecular weight is 254 g/mol. The van der Waals surface area contributed by atoms with Gasteiger partial charge < -0.3 is 5.11 Å². The Morgan fingerprint density at radius 1 is 1.47 bits per heavy atom. The van der Waals surface area contributed by atoms with Crippen LogP contribution in [0.4, 0.5) is 0 Å². The van der Waals surface area contributed by atoms with E-state index in [-0.39, 0.29) is 6.61 Å². The maximum absolute atomic E-state index is 9.59. The van der Waals surface area contributed by atoms with Crippen LogP contribution in [0, 0.1) is 0 Å². The predicted molar refractivity (Wildman–Crippen MR) is 68.9 cm³/mol. The summed E-state index contributed by atoms with van der Waals surface area (Å²) in [5.74, 6) is 0. The molecular weight excluding hydrogens is 238 g/mol. The number of hydrogen-bond acceptors (Lipinski definition) is 2. The Labute approximate surface area is 106 Å². The van der Waals surface area contributed by atoms with Crippen molar-refractivity contribution in [1.82, 2.24) is 0 Å². The zero-order valence-corrected chi connectivity index (χ0v) is 10.6. The highest BCUT2D eigenvalue weighted by atomic mass is 35.5. The Morgan fingerprint density at radius 3 is 2.71 bits per heavy atom. The van der Waals surface area contributed by atoms with Crippen molar-refractivity contribution in [3.8, 4) is 0 Å². The van der Waals surface area contributed by atoms with Crippen LogP contribution in [-0.2, 0) is 5.54 Å². The molecule has 4 nitrogen and oxygen atoms in total. The van der Waals surface area contributed by atoms with E-state index in [0.717, 1.165) is 12.8 Å². The molecule has 5 heteroatoms. The second-order valence-electron chi connectivity index (χ2n) is 3.96. The Morgan fingerprint density at radius 2 is 2.18 bits per heavy atom. The third kappa shape index (κ3) is 3.13. The summed E-state index contributed by atoms with van der Waals surface area (Å²) in [6.07, 6.45) is 2.42. The molecule has 1 N–H and O–H groups in total. The van der Waals surface area contributed by atoms with E-state index in [1.165, 1.54) is 0 Å². The SMILES string of the molecule is CCCC[C@@](CO)(N=[N+]=[N-])c1ccccc1Cl. The van der Waals surface area contributed by atoms with Crippen molar-refractivity contribution in [2.45, 2.75) is 31.7 Å². The van der Waals surface area contributed by atoms with Crippen molar-refractivity contribution in [2.75, 3.05) is 6.61 Å². The van der Waals surface area contributed by atoms with Crippen molar-refractivity contribution in [3.63, 3.8) is 0 Å². The summed E-state index contributed by atoms with van der Waals surface area (Å²) < 4.78 is 0. The molecule has 1 aromatic carbocycles. The molecule has 0 saturated carbocycles. The molecule has 17 heavy (non-hydrogen) atoms. The van der Waals surface area contributed by atoms with Crippen LogP contribution in [0.2, 0.25) is 5.02 Å². The summed E-state index contributed by atoms with van der Waals surface area (Å²) in [6, 6.07) is 7.16. The third-order valence-electron chi connectivity index (χ3n) is 2.82. The smallest absolute Gasteiger partial charge is 0.0982 e. The summed E-state index contributed by atoms with van der Waals surface area (Å²) in [5.41, 5.74) is 8.44. The molecule has 0 spiro atoms. The molecule has 0 fully saturated rings. The lowest BCUT2D eigenvalue weighted by atomic mass is 9.86. The Hall–Kier alpha value is -1.22. The van der Waals surface area contributed by atoms with Crippen LogP contribution in [0.15, 0.2) is 29.4 Å². The van der Waals surface area contributed by atoms with Gasteiger partial charge >= 0.3 is 0 Å². The van der Waals surface area contributed by atoms with E-state index in [1.807, 2.05) is 19.1 Å². The van der Waals surface area contributed by atoms with Crippen LogP contribution in [-0.4, -0.2) is 11.7 Å². The molecule has 0 heterocycles. The summed E-state index contributed by atoms with van der Waals surface area (Å²) in [7, 11) is 0. The van der Waals surface area contributed by atoms with Crippen molar-refractivity contribution in [2.24, 2.45) is 5.11 Å². The van der Waals surface area contributed by atoms with Gasteiger partial charge in [-0.1, -0.05) is 54.7 Å². The maximum atomic E-state index is 9.59. The Balaban J connectivity index is 3.21. The molecule has 1 atom stereocenters. The highest BCUT2D eigenvalue weighted by Gasteiger charge is 2.31. The van der Waals surface area contributed by atoms with Gasteiger partial charge in [0.05, 0.1) is 12.1 Å². The van der Waals surface area contributed by atoms with E-state index >= 15 is 0 Å². The lowest BCUT2D eigenvalue weighted by molar-refractivity contribution is 0.185. The summed E-state index contributed by atoms with van der Waals surface area (Å²) in [4.78, 5) is 2.86. The molecule has 0 aliphatic rings. The first-order valence-electron chi connectivity index (χ1n) is 5.62. The fourth-order valence-corrected chi connectivity index (χ4v) is 2.14. The number of nitrogens with zero attached hydrogens (tertiary/aromatic N) is 3. The van der Waals surface area contributed by atoms with Gasteiger partial charge in [0.25, 0.3) is 0 Å². The first-order chi connectivity index (χ1) is 8.20. The third-order valence-corrected chi connectivity index (χ3v) is 3.15. The van der Waals surface area contributed by atoms with Crippen LogP contribution >= 0.6 is 11.6 Å². The number of unbranched alkanes of at least 4 members (excludes halogenated alkanes) is 1. The number of benzene rings is 1. The molecule has 0 saturated heterocycles. The molecule has 0 aliphatic carbocycles. The van der Waals surface area contributed by atoms with Crippen molar-refractivity contribution >= 4 is 11.6 Å². The van der Waals surface area contributed by atoms with Gasteiger partial charge in [-0.05, 0) is 23.6 Å². The lowest BCUT2D eigenvalue weighted by Gasteiger charge is -2.27. The van der Waals surface area contributed by atoms with Gasteiger partial charge in [0.2, 0.25) is 0 Å². The Kier molecular flexibility index (Phi) is 5.29. The normalized spacial score (nSPS) is 13.8. The molecular formula is C12H16ClN3O. The van der Waals surface area contributed by atoms with Gasteiger partial charge in [-0.3, -0.25) is 0 Å². The van der Waals surface area contributed by atoms with Crippen LogP contribution in [0.1, 0.15) is 31.7 Å². The van der Waals surface area contributed by atoms with Crippen LogP contribution in [0.3, 0.4) is 0 Å². The predicted octanol–water partition coefficient (Wildman–Crippen LogP) is 4.03. The molecule has 1 aromatic rings. The van der Waals surface area contributed by atoms with Crippen LogP contribution in [0.25, 0.3) is 10.4 Å². The highest BCUT2D eigenvalue weighted by Crippen LogP contribution is 2.35. The zero-order valence-electron chi connectivity index (χ0n) is 9.80. The van der Waals surface area contributed by atoms with Crippen LogP contribution < -0.4 is 0 Å². The van der Waals surface area contributed by atoms with Gasteiger partial charge in [0.1, 0.15) is 0 Å². The van der Waals surface area contributed by atoms with E-state index in [4.69, 9.17) is 17.1 Å². The van der Waals surface area contributed by atoms with Crippen molar-refractivity contribution < 1.29 is 5.11 Å². The topological polar surface area (TPSA) is 69.0 Å². The van der Waals surface area contributed by atoms with Crippen molar-refractivity contribution in [1.29, 1.82) is 0 Å². The minimum atomic E-state index is -0.941. The summed E-state index contributed by atoms with van der Waals surface area (Å²) in [6.45, 7) is 1.81. The fourth-order valence-electron chi connectivity index (χ4n) is 1.83. The number of aliphatic hydroxyl groups is 1. The van der Waals surface area contributed by atoms with Gasteiger partial charge in [-0.2, -0.15) is 0 Å². The fraction of sp³-hybridized carbons (Fsp3) is 0.500. The van der Waals surface area contributed by atoms with Crippen molar-refractivity contribution in [3.05, 3.63) is 45.3 Å². The second kappa shape index (κ2) is 6.50. The summed E-state index contributed by atoms with van der Waals surface area (Å²) in [5, 5.41) is 13.9. The summed E-state index contributed by atoms with van der Waals surface area (Å²) >= 11 is 6.11. The molecule has 1 rings (SSSR count). The largest absolute Gasteiger partial charge is 0.395 e. The number of azide groups is 1.